The molecule has 0 aromatic carbocycles. The molecule has 0 spiro atoms. The molecular weight excluding hydrogens is 316 g/mol. The summed E-state index contributed by atoms with van der Waals surface area (Å²) in [5.41, 5.74) is 0. The van der Waals surface area contributed by atoms with Crippen LogP contribution in [-0.4, -0.2) is 49.1 Å². The molecule has 0 radical (unpaired) electrons. The van der Waals surface area contributed by atoms with Crippen molar-refractivity contribution in [1.82, 2.24) is 15.5 Å². The lowest BCUT2D eigenvalue weighted by Gasteiger charge is -2.33. The minimum atomic E-state index is 0.574. The van der Waals surface area contributed by atoms with E-state index in [0.717, 1.165) is 31.5 Å². The van der Waals surface area contributed by atoms with Crippen molar-refractivity contribution in [2.24, 2.45) is 10.9 Å². The molecule has 0 bridgehead atoms. The van der Waals surface area contributed by atoms with Crippen LogP contribution in [0.15, 0.2) is 22.5 Å². The molecule has 24 heavy (non-hydrogen) atoms. The normalized spacial score (nSPS) is 21.7. The minimum Gasteiger partial charge on any atom is -0.357 e. The maximum atomic E-state index is 4.84. The second-order valence-corrected chi connectivity index (χ2v) is 8.33. The average Bonchev–Trinajstić information content (AvgIpc) is 3.31. The van der Waals surface area contributed by atoms with Crippen LogP contribution in [0.4, 0.5) is 0 Å². The molecule has 134 valence electrons. The number of guanidine groups is 1. The van der Waals surface area contributed by atoms with Gasteiger partial charge in [-0.3, -0.25) is 4.99 Å². The van der Waals surface area contributed by atoms with E-state index in [1.807, 2.05) is 11.3 Å². The Morgan fingerprint density at radius 2 is 2.12 bits per heavy atom. The SMILES string of the molecule is CCNC(=NCC(C)Cc1cccs1)NC1CCN(C2CC2)CC1. The van der Waals surface area contributed by atoms with Gasteiger partial charge in [-0.1, -0.05) is 13.0 Å². The molecule has 1 aromatic rings. The van der Waals surface area contributed by atoms with E-state index >= 15 is 0 Å². The highest BCUT2D eigenvalue weighted by Gasteiger charge is 2.31. The first-order valence-corrected chi connectivity index (χ1v) is 10.4. The molecule has 3 rings (SSSR count). The van der Waals surface area contributed by atoms with Gasteiger partial charge < -0.3 is 15.5 Å². The second kappa shape index (κ2) is 8.86. The Morgan fingerprint density at radius 3 is 2.75 bits per heavy atom. The standard InChI is InChI=1S/C19H32N4S/c1-3-20-19(21-14-15(2)13-18-5-4-12-24-18)22-16-8-10-23(11-9-16)17-6-7-17/h4-5,12,15-17H,3,6-11,13-14H2,1-2H3,(H2,20,21,22). The number of thiophene rings is 1. The highest BCUT2D eigenvalue weighted by Crippen LogP contribution is 2.29. The first-order chi connectivity index (χ1) is 11.7. The molecule has 1 unspecified atom stereocenters. The summed E-state index contributed by atoms with van der Waals surface area (Å²) in [6, 6.07) is 5.84. The van der Waals surface area contributed by atoms with Gasteiger partial charge in [-0.2, -0.15) is 0 Å². The molecule has 0 amide bonds. The van der Waals surface area contributed by atoms with Crippen molar-refractivity contribution in [3.8, 4) is 0 Å². The Balaban J connectivity index is 1.44. The van der Waals surface area contributed by atoms with Crippen molar-refractivity contribution in [3.05, 3.63) is 22.4 Å². The highest BCUT2D eigenvalue weighted by atomic mass is 32.1. The van der Waals surface area contributed by atoms with Crippen molar-refractivity contribution in [2.75, 3.05) is 26.2 Å². The van der Waals surface area contributed by atoms with E-state index < -0.39 is 0 Å². The number of rotatable bonds is 7. The molecule has 5 heteroatoms. The Labute approximate surface area is 150 Å². The summed E-state index contributed by atoms with van der Waals surface area (Å²) in [4.78, 5) is 8.97. The van der Waals surface area contributed by atoms with Crippen LogP contribution in [0.2, 0.25) is 0 Å². The van der Waals surface area contributed by atoms with Gasteiger partial charge in [-0.25, -0.2) is 0 Å². The Hall–Kier alpha value is -1.07. The molecule has 2 heterocycles. The fourth-order valence-corrected chi connectivity index (χ4v) is 4.32. The fourth-order valence-electron chi connectivity index (χ4n) is 3.45. The molecule has 1 aromatic heterocycles. The molecule has 2 aliphatic rings. The van der Waals surface area contributed by atoms with Crippen LogP contribution in [0.3, 0.4) is 0 Å². The van der Waals surface area contributed by atoms with E-state index in [1.165, 1.54) is 43.6 Å². The maximum absolute atomic E-state index is 4.84. The smallest absolute Gasteiger partial charge is 0.191 e. The van der Waals surface area contributed by atoms with Crippen molar-refractivity contribution >= 4 is 17.3 Å². The lowest BCUT2D eigenvalue weighted by molar-refractivity contribution is 0.197. The summed E-state index contributed by atoms with van der Waals surface area (Å²) in [5.74, 6) is 1.58. The minimum absolute atomic E-state index is 0.574. The van der Waals surface area contributed by atoms with Crippen LogP contribution >= 0.6 is 11.3 Å². The predicted molar refractivity (Wildman–Crippen MR) is 104 cm³/mol. The molecule has 2 fully saturated rings. The van der Waals surface area contributed by atoms with Gasteiger partial charge in [0.25, 0.3) is 0 Å². The Bertz CT molecular complexity index is 501. The Morgan fingerprint density at radius 1 is 1.33 bits per heavy atom. The van der Waals surface area contributed by atoms with Gasteiger partial charge in [0.15, 0.2) is 5.96 Å². The monoisotopic (exact) mass is 348 g/mol. The number of hydrogen-bond acceptors (Lipinski definition) is 3. The van der Waals surface area contributed by atoms with Gasteiger partial charge >= 0.3 is 0 Å². The summed E-state index contributed by atoms with van der Waals surface area (Å²) in [7, 11) is 0. The Kier molecular flexibility index (Phi) is 6.55. The third-order valence-electron chi connectivity index (χ3n) is 4.97. The number of piperidine rings is 1. The molecule has 1 saturated carbocycles. The van der Waals surface area contributed by atoms with E-state index in [9.17, 15) is 0 Å². The molecule has 2 N–H and O–H groups in total. The number of nitrogens with one attached hydrogen (secondary N) is 2. The van der Waals surface area contributed by atoms with Crippen molar-refractivity contribution in [2.45, 2.75) is 58.0 Å². The molecule has 1 saturated heterocycles. The predicted octanol–water partition coefficient (Wildman–Crippen LogP) is 3.11. The quantitative estimate of drug-likeness (QED) is 0.587. The van der Waals surface area contributed by atoms with Gasteiger partial charge in [0.2, 0.25) is 0 Å². The van der Waals surface area contributed by atoms with Gasteiger partial charge in [0.05, 0.1) is 0 Å². The van der Waals surface area contributed by atoms with E-state index in [0.29, 0.717) is 12.0 Å². The number of likely N-dealkylation sites (tertiary alicyclic amines) is 1. The van der Waals surface area contributed by atoms with E-state index in [-0.39, 0.29) is 0 Å². The van der Waals surface area contributed by atoms with Crippen LogP contribution in [0.1, 0.15) is 44.4 Å². The van der Waals surface area contributed by atoms with Crippen LogP contribution in [0.5, 0.6) is 0 Å². The van der Waals surface area contributed by atoms with E-state index in [2.05, 4.69) is 46.9 Å². The lowest BCUT2D eigenvalue weighted by atomic mass is 10.1. The first kappa shape index (κ1) is 17.7. The number of hydrogen-bond donors (Lipinski definition) is 2. The molecular formula is C19H32N4S. The van der Waals surface area contributed by atoms with Crippen LogP contribution in [-0.2, 0) is 6.42 Å². The zero-order valence-electron chi connectivity index (χ0n) is 15.1. The molecule has 1 aliphatic carbocycles. The van der Waals surface area contributed by atoms with Gasteiger partial charge in [0.1, 0.15) is 0 Å². The third kappa shape index (κ3) is 5.49. The van der Waals surface area contributed by atoms with Crippen LogP contribution in [0.25, 0.3) is 0 Å². The second-order valence-electron chi connectivity index (χ2n) is 7.29. The maximum Gasteiger partial charge on any atom is 0.191 e. The van der Waals surface area contributed by atoms with Gasteiger partial charge in [0, 0.05) is 43.1 Å². The zero-order chi connectivity index (χ0) is 16.8. The van der Waals surface area contributed by atoms with E-state index in [4.69, 9.17) is 4.99 Å². The first-order valence-electron chi connectivity index (χ1n) is 9.56. The molecule has 1 aliphatic heterocycles. The number of aliphatic imine (C=N–C) groups is 1. The van der Waals surface area contributed by atoms with Crippen LogP contribution < -0.4 is 10.6 Å². The van der Waals surface area contributed by atoms with Crippen LogP contribution in [0, 0.1) is 5.92 Å². The summed E-state index contributed by atoms with van der Waals surface area (Å²) in [6.45, 7) is 8.73. The summed E-state index contributed by atoms with van der Waals surface area (Å²) in [5, 5.41) is 9.24. The van der Waals surface area contributed by atoms with Crippen molar-refractivity contribution < 1.29 is 0 Å². The summed E-state index contributed by atoms with van der Waals surface area (Å²) in [6.07, 6.45) is 6.45. The molecule has 4 nitrogen and oxygen atoms in total. The van der Waals surface area contributed by atoms with Gasteiger partial charge in [-0.15, -0.1) is 11.3 Å². The zero-order valence-corrected chi connectivity index (χ0v) is 15.9. The van der Waals surface area contributed by atoms with E-state index in [1.54, 1.807) is 0 Å². The largest absolute Gasteiger partial charge is 0.357 e. The summed E-state index contributed by atoms with van der Waals surface area (Å²) < 4.78 is 0. The van der Waals surface area contributed by atoms with Crippen molar-refractivity contribution in [1.29, 1.82) is 0 Å². The topological polar surface area (TPSA) is 39.7 Å². The summed E-state index contributed by atoms with van der Waals surface area (Å²) >= 11 is 1.85. The molecule has 1 atom stereocenters. The fraction of sp³-hybridized carbons (Fsp3) is 0.737. The lowest BCUT2D eigenvalue weighted by Crippen LogP contribution is -2.49. The third-order valence-corrected chi connectivity index (χ3v) is 5.87. The van der Waals surface area contributed by atoms with Crippen molar-refractivity contribution in [3.63, 3.8) is 0 Å². The number of nitrogens with zero attached hydrogens (tertiary/aromatic N) is 2. The average molecular weight is 349 g/mol. The highest BCUT2D eigenvalue weighted by molar-refractivity contribution is 7.09. The van der Waals surface area contributed by atoms with Gasteiger partial charge in [-0.05, 0) is 56.4 Å².